The number of nitrogens with zero attached hydrogens (tertiary/aromatic N) is 5. The van der Waals surface area contributed by atoms with Crippen molar-refractivity contribution in [1.29, 1.82) is 0 Å². The lowest BCUT2D eigenvalue weighted by Crippen LogP contribution is -2.48. The van der Waals surface area contributed by atoms with Crippen LogP contribution in [0.25, 0.3) is 16.2 Å². The third kappa shape index (κ3) is 4.53. The van der Waals surface area contributed by atoms with E-state index < -0.39 is 17.8 Å². The number of carbonyl (C=O) groups is 1. The molecule has 11 heteroatoms. The Morgan fingerprint density at radius 1 is 1.06 bits per heavy atom. The Morgan fingerprint density at radius 3 is 2.50 bits per heavy atom. The second-order valence-corrected chi connectivity index (χ2v) is 9.32. The first-order valence-corrected chi connectivity index (χ1v) is 11.8. The fraction of sp³-hybridized carbons (Fsp3) is 0.261. The first kappa shape index (κ1) is 22.8. The van der Waals surface area contributed by atoms with Crippen molar-refractivity contribution in [3.63, 3.8) is 0 Å². The fourth-order valence-corrected chi connectivity index (χ4v) is 4.85. The van der Waals surface area contributed by atoms with Gasteiger partial charge in [0.15, 0.2) is 17.0 Å². The lowest BCUT2D eigenvalue weighted by Gasteiger charge is -2.34. The molecular weight excluding hydrogens is 487 g/mol. The Kier molecular flexibility index (Phi) is 6.05. The summed E-state index contributed by atoms with van der Waals surface area (Å²) in [5.74, 6) is -0.409. The second kappa shape index (κ2) is 9.01. The van der Waals surface area contributed by atoms with Gasteiger partial charge in [-0.15, -0.1) is 11.3 Å². The molecule has 0 aliphatic carbocycles. The molecule has 0 radical (unpaired) electrons. The summed E-state index contributed by atoms with van der Waals surface area (Å²) in [5, 5.41) is 6.45. The number of fused-ring (bicyclic) bond motifs is 1. The largest absolute Gasteiger partial charge is 0.433 e. The lowest BCUT2D eigenvalue weighted by molar-refractivity contribution is -0.142. The predicted molar refractivity (Wildman–Crippen MR) is 124 cm³/mol. The van der Waals surface area contributed by atoms with Crippen LogP contribution in [-0.2, 0) is 12.7 Å². The van der Waals surface area contributed by atoms with E-state index in [1.165, 1.54) is 17.4 Å². The van der Waals surface area contributed by atoms with Crippen LogP contribution in [0.4, 0.5) is 13.2 Å². The molecule has 0 unspecified atom stereocenters. The van der Waals surface area contributed by atoms with E-state index in [9.17, 15) is 18.0 Å². The van der Waals surface area contributed by atoms with Crippen LogP contribution in [-0.4, -0.2) is 56.5 Å². The summed E-state index contributed by atoms with van der Waals surface area (Å²) >= 11 is 7.54. The maximum Gasteiger partial charge on any atom is 0.433 e. The van der Waals surface area contributed by atoms with E-state index in [4.69, 9.17) is 11.6 Å². The molecule has 1 saturated heterocycles. The number of aromatic nitrogens is 3. The van der Waals surface area contributed by atoms with Crippen molar-refractivity contribution in [3.05, 3.63) is 75.9 Å². The molecule has 0 spiro atoms. The van der Waals surface area contributed by atoms with Gasteiger partial charge in [-0.05, 0) is 29.1 Å². The van der Waals surface area contributed by atoms with Crippen LogP contribution in [0.15, 0.2) is 53.9 Å². The third-order valence-corrected chi connectivity index (χ3v) is 6.98. The van der Waals surface area contributed by atoms with E-state index >= 15 is 0 Å². The van der Waals surface area contributed by atoms with Gasteiger partial charge in [0.05, 0.1) is 10.6 Å². The normalized spacial score (nSPS) is 15.2. The number of piperazine rings is 1. The highest BCUT2D eigenvalue weighted by Crippen LogP contribution is 2.33. The van der Waals surface area contributed by atoms with E-state index in [1.54, 1.807) is 22.4 Å². The van der Waals surface area contributed by atoms with Crippen molar-refractivity contribution in [2.24, 2.45) is 0 Å². The van der Waals surface area contributed by atoms with Gasteiger partial charge in [0.1, 0.15) is 0 Å². The van der Waals surface area contributed by atoms with Gasteiger partial charge in [-0.2, -0.15) is 18.3 Å². The van der Waals surface area contributed by atoms with Gasteiger partial charge >= 0.3 is 6.18 Å². The van der Waals surface area contributed by atoms with Gasteiger partial charge in [-0.3, -0.25) is 9.69 Å². The smallest absolute Gasteiger partial charge is 0.335 e. The van der Waals surface area contributed by atoms with Crippen molar-refractivity contribution in [3.8, 4) is 10.6 Å². The number of alkyl halides is 3. The Morgan fingerprint density at radius 2 is 1.82 bits per heavy atom. The van der Waals surface area contributed by atoms with Crippen molar-refractivity contribution >= 4 is 34.5 Å². The molecule has 1 aliphatic rings. The molecule has 1 aliphatic heterocycles. The summed E-state index contributed by atoms with van der Waals surface area (Å²) in [4.78, 5) is 21.8. The van der Waals surface area contributed by atoms with Crippen LogP contribution in [0.2, 0.25) is 5.02 Å². The summed E-state index contributed by atoms with van der Waals surface area (Å²) in [5.41, 5.74) is 0.169. The number of halogens is 4. The standard InChI is InChI=1S/C23H19ClF3N5OS/c24-16-5-2-1-4-15(16)14-30-7-9-31(10-8-30)22(33)18-13-21-28-17(19-6-3-11-34-19)12-20(23(25,26)27)32(21)29-18/h1-6,11-13H,7-10,14H2. The molecule has 0 bridgehead atoms. The summed E-state index contributed by atoms with van der Waals surface area (Å²) in [7, 11) is 0. The minimum Gasteiger partial charge on any atom is -0.335 e. The predicted octanol–water partition coefficient (Wildman–Crippen LogP) is 5.09. The molecule has 1 fully saturated rings. The highest BCUT2D eigenvalue weighted by Gasteiger charge is 2.36. The number of benzene rings is 1. The summed E-state index contributed by atoms with van der Waals surface area (Å²) in [6.07, 6.45) is -4.65. The van der Waals surface area contributed by atoms with Crippen LogP contribution < -0.4 is 0 Å². The maximum atomic E-state index is 13.8. The van der Waals surface area contributed by atoms with Gasteiger partial charge in [0.25, 0.3) is 5.91 Å². The van der Waals surface area contributed by atoms with E-state index in [2.05, 4.69) is 15.0 Å². The molecule has 34 heavy (non-hydrogen) atoms. The monoisotopic (exact) mass is 505 g/mol. The topological polar surface area (TPSA) is 53.7 Å². The van der Waals surface area contributed by atoms with E-state index in [0.717, 1.165) is 11.6 Å². The number of carbonyl (C=O) groups excluding carboxylic acids is 1. The minimum absolute atomic E-state index is 0.0149. The zero-order chi connectivity index (χ0) is 23.9. The van der Waals surface area contributed by atoms with Gasteiger partial charge in [0, 0.05) is 43.8 Å². The average Bonchev–Trinajstić information content (AvgIpc) is 3.49. The van der Waals surface area contributed by atoms with Crippen LogP contribution in [0.3, 0.4) is 0 Å². The van der Waals surface area contributed by atoms with Crippen molar-refractivity contribution in [2.45, 2.75) is 12.7 Å². The SMILES string of the molecule is O=C(c1cc2nc(-c3cccs3)cc(C(F)(F)F)n2n1)N1CCN(Cc2ccccc2Cl)CC1. The highest BCUT2D eigenvalue weighted by molar-refractivity contribution is 7.13. The molecule has 1 aromatic carbocycles. The molecule has 0 N–H and O–H groups in total. The minimum atomic E-state index is -4.65. The molecule has 3 aromatic heterocycles. The quantitative estimate of drug-likeness (QED) is 0.388. The number of rotatable bonds is 4. The number of amides is 1. The molecule has 5 rings (SSSR count). The maximum absolute atomic E-state index is 13.8. The molecule has 4 heterocycles. The highest BCUT2D eigenvalue weighted by atomic mass is 35.5. The van der Waals surface area contributed by atoms with Crippen LogP contribution in [0, 0.1) is 0 Å². The molecule has 0 saturated carbocycles. The number of hydrogen-bond donors (Lipinski definition) is 0. The van der Waals surface area contributed by atoms with Crippen molar-refractivity contribution < 1.29 is 18.0 Å². The Hall–Kier alpha value is -2.95. The molecule has 4 aromatic rings. The van der Waals surface area contributed by atoms with Crippen LogP contribution >= 0.6 is 22.9 Å². The van der Waals surface area contributed by atoms with E-state index in [1.807, 2.05) is 24.3 Å². The van der Waals surface area contributed by atoms with Crippen LogP contribution in [0.5, 0.6) is 0 Å². The van der Waals surface area contributed by atoms with Crippen molar-refractivity contribution in [1.82, 2.24) is 24.4 Å². The molecule has 176 valence electrons. The zero-order valence-corrected chi connectivity index (χ0v) is 19.4. The fourth-order valence-electron chi connectivity index (χ4n) is 3.97. The average molecular weight is 506 g/mol. The first-order chi connectivity index (χ1) is 16.3. The van der Waals surface area contributed by atoms with Gasteiger partial charge in [-0.1, -0.05) is 35.9 Å². The third-order valence-electron chi connectivity index (χ3n) is 5.72. The summed E-state index contributed by atoms with van der Waals surface area (Å²) in [6.45, 7) is 2.80. The summed E-state index contributed by atoms with van der Waals surface area (Å²) in [6, 6.07) is 13.3. The number of thiophene rings is 1. The number of hydrogen-bond acceptors (Lipinski definition) is 5. The zero-order valence-electron chi connectivity index (χ0n) is 17.8. The molecule has 0 atom stereocenters. The Labute approximate surface area is 202 Å². The van der Waals surface area contributed by atoms with Gasteiger partial charge < -0.3 is 4.90 Å². The molecule has 6 nitrogen and oxygen atoms in total. The Balaban J connectivity index is 1.36. The van der Waals surface area contributed by atoms with Gasteiger partial charge in [0.2, 0.25) is 0 Å². The van der Waals surface area contributed by atoms with E-state index in [-0.39, 0.29) is 17.0 Å². The van der Waals surface area contributed by atoms with Crippen molar-refractivity contribution in [2.75, 3.05) is 26.2 Å². The Bertz CT molecular complexity index is 1330. The first-order valence-electron chi connectivity index (χ1n) is 10.6. The van der Waals surface area contributed by atoms with E-state index in [0.29, 0.717) is 47.1 Å². The molecular formula is C23H19ClF3N5OS. The van der Waals surface area contributed by atoms with Gasteiger partial charge in [-0.25, -0.2) is 9.50 Å². The lowest BCUT2D eigenvalue weighted by atomic mass is 10.2. The summed E-state index contributed by atoms with van der Waals surface area (Å²) < 4.78 is 42.0. The van der Waals surface area contributed by atoms with Crippen LogP contribution in [0.1, 0.15) is 21.7 Å². The molecule has 1 amide bonds. The second-order valence-electron chi connectivity index (χ2n) is 7.96.